The quantitative estimate of drug-likeness (QED) is 0.739. The van der Waals surface area contributed by atoms with E-state index in [1.807, 2.05) is 31.2 Å². The van der Waals surface area contributed by atoms with Crippen LogP contribution in [-0.4, -0.2) is 35.7 Å². The largest absolute Gasteiger partial charge is 0.390 e. The normalized spacial score (nSPS) is 15.9. The molecule has 2 aromatic carbocycles. The Morgan fingerprint density at radius 1 is 1.31 bits per heavy atom. The summed E-state index contributed by atoms with van der Waals surface area (Å²) in [6.45, 7) is 6.35. The lowest BCUT2D eigenvalue weighted by molar-refractivity contribution is 0.0447. The molecule has 1 aliphatic heterocycles. The van der Waals surface area contributed by atoms with E-state index < -0.39 is 5.82 Å². The Hall–Kier alpha value is -2.95. The Bertz CT molecular complexity index is 847. The van der Waals surface area contributed by atoms with Crippen molar-refractivity contribution in [2.75, 3.05) is 13.1 Å². The van der Waals surface area contributed by atoms with Gasteiger partial charge in [0.1, 0.15) is 5.82 Å². The lowest BCUT2D eigenvalue weighted by Crippen LogP contribution is -2.38. The van der Waals surface area contributed by atoms with Crippen LogP contribution < -0.4 is 0 Å². The van der Waals surface area contributed by atoms with Crippen molar-refractivity contribution in [1.29, 1.82) is 0 Å². The molecule has 0 spiro atoms. The van der Waals surface area contributed by atoms with Gasteiger partial charge in [-0.3, -0.25) is 4.79 Å². The minimum atomic E-state index is -0.532. The lowest BCUT2D eigenvalue weighted by Gasteiger charge is -2.23. The molecule has 134 valence electrons. The zero-order valence-corrected chi connectivity index (χ0v) is 14.7. The van der Waals surface area contributed by atoms with Gasteiger partial charge in [0.15, 0.2) is 6.10 Å². The van der Waals surface area contributed by atoms with Crippen molar-refractivity contribution < 1.29 is 14.0 Å². The van der Waals surface area contributed by atoms with E-state index in [-0.39, 0.29) is 17.6 Å². The second kappa shape index (κ2) is 7.95. The second-order valence-electron chi connectivity index (χ2n) is 6.26. The average Bonchev–Trinajstić information content (AvgIpc) is 3.10. The van der Waals surface area contributed by atoms with E-state index in [1.165, 1.54) is 17.0 Å². The summed E-state index contributed by atoms with van der Waals surface area (Å²) in [5.74, 6) is -0.910. The molecule has 0 N–H and O–H groups in total. The van der Waals surface area contributed by atoms with Crippen molar-refractivity contribution in [3.8, 4) is 0 Å². The first kappa shape index (κ1) is 17.9. The summed E-state index contributed by atoms with van der Waals surface area (Å²) >= 11 is 0. The number of rotatable bonds is 6. The maximum Gasteiger partial charge on any atom is 0.257 e. The van der Waals surface area contributed by atoms with E-state index >= 15 is 0 Å². The molecule has 26 heavy (non-hydrogen) atoms. The molecule has 1 heterocycles. The number of carbonyl (C=O) groups is 1. The van der Waals surface area contributed by atoms with Gasteiger partial charge in [-0.2, -0.15) is 0 Å². The highest BCUT2D eigenvalue weighted by Crippen LogP contribution is 2.21. The fraction of sp³-hybridized carbons (Fsp3) is 0.238. The number of benzene rings is 2. The van der Waals surface area contributed by atoms with Crippen LogP contribution in [0.15, 0.2) is 66.3 Å². The van der Waals surface area contributed by atoms with E-state index in [0.717, 1.165) is 16.8 Å². The summed E-state index contributed by atoms with van der Waals surface area (Å²) < 4.78 is 14.0. The smallest absolute Gasteiger partial charge is 0.257 e. The minimum Gasteiger partial charge on any atom is -0.390 e. The monoisotopic (exact) mass is 352 g/mol. The third-order valence-electron chi connectivity index (χ3n) is 4.35. The summed E-state index contributed by atoms with van der Waals surface area (Å²) in [6.07, 6.45) is 1.96. The van der Waals surface area contributed by atoms with Gasteiger partial charge in [-0.15, -0.1) is 6.58 Å². The Labute approximate surface area is 152 Å². The van der Waals surface area contributed by atoms with Crippen LogP contribution >= 0.6 is 0 Å². The number of nitrogens with zero attached hydrogens (tertiary/aromatic N) is 2. The fourth-order valence-electron chi connectivity index (χ4n) is 3.03. The standard InChI is InChI=1S/C21H21FN2O2/c1-3-12-24(21(25)18-10-6-7-11-19(18)22)14-16-13-20(23-26-16)17-9-5-4-8-15(17)2/h3-11,16H,1,12-14H2,2H3/t16-/m1/s1. The number of carbonyl (C=O) groups excluding carboxylic acids is 1. The topological polar surface area (TPSA) is 41.9 Å². The number of hydrogen-bond acceptors (Lipinski definition) is 3. The van der Waals surface area contributed by atoms with Gasteiger partial charge < -0.3 is 9.74 Å². The van der Waals surface area contributed by atoms with Crippen molar-refractivity contribution in [2.45, 2.75) is 19.4 Å². The molecule has 0 saturated carbocycles. The van der Waals surface area contributed by atoms with Crippen molar-refractivity contribution in [3.63, 3.8) is 0 Å². The van der Waals surface area contributed by atoms with E-state index in [2.05, 4.69) is 11.7 Å². The van der Waals surface area contributed by atoms with Crippen LogP contribution in [0.5, 0.6) is 0 Å². The first-order valence-electron chi connectivity index (χ1n) is 8.53. The Balaban J connectivity index is 1.70. The molecule has 0 bridgehead atoms. The third-order valence-corrected chi connectivity index (χ3v) is 4.35. The molecule has 3 rings (SSSR count). The molecule has 5 heteroatoms. The SMILES string of the molecule is C=CCN(C[C@H]1CC(c2ccccc2C)=NO1)C(=O)c1ccccc1F. The molecule has 0 aromatic heterocycles. The number of hydrogen-bond donors (Lipinski definition) is 0. The van der Waals surface area contributed by atoms with E-state index in [0.29, 0.717) is 19.5 Å². The lowest BCUT2D eigenvalue weighted by atomic mass is 10.00. The number of oxime groups is 1. The van der Waals surface area contributed by atoms with Crippen LogP contribution in [0.4, 0.5) is 4.39 Å². The fourth-order valence-corrected chi connectivity index (χ4v) is 3.03. The van der Waals surface area contributed by atoms with Crippen LogP contribution in [0.2, 0.25) is 0 Å². The average molecular weight is 352 g/mol. The number of amides is 1. The van der Waals surface area contributed by atoms with E-state index in [9.17, 15) is 9.18 Å². The van der Waals surface area contributed by atoms with Crippen molar-refractivity contribution in [1.82, 2.24) is 4.90 Å². The van der Waals surface area contributed by atoms with Crippen LogP contribution in [0.25, 0.3) is 0 Å². The molecule has 0 fully saturated rings. The van der Waals surface area contributed by atoms with Crippen molar-refractivity contribution >= 4 is 11.6 Å². The van der Waals surface area contributed by atoms with Gasteiger partial charge in [-0.1, -0.05) is 47.6 Å². The first-order chi connectivity index (χ1) is 12.6. The van der Waals surface area contributed by atoms with E-state index in [1.54, 1.807) is 18.2 Å². The highest BCUT2D eigenvalue weighted by Gasteiger charge is 2.28. The van der Waals surface area contributed by atoms with Gasteiger partial charge in [0.2, 0.25) is 0 Å². The molecule has 0 aliphatic carbocycles. The van der Waals surface area contributed by atoms with Gasteiger partial charge in [-0.05, 0) is 24.6 Å². The van der Waals surface area contributed by atoms with Crippen LogP contribution in [0.3, 0.4) is 0 Å². The summed E-state index contributed by atoms with van der Waals surface area (Å²) in [5.41, 5.74) is 3.09. The molecule has 1 atom stereocenters. The van der Waals surface area contributed by atoms with Crippen LogP contribution in [0.1, 0.15) is 27.9 Å². The van der Waals surface area contributed by atoms with Crippen molar-refractivity contribution in [2.24, 2.45) is 5.16 Å². The summed E-state index contributed by atoms with van der Waals surface area (Å²) in [7, 11) is 0. The third kappa shape index (κ3) is 3.82. The Morgan fingerprint density at radius 2 is 2.04 bits per heavy atom. The minimum absolute atomic E-state index is 0.0485. The van der Waals surface area contributed by atoms with Crippen LogP contribution in [-0.2, 0) is 4.84 Å². The maximum atomic E-state index is 14.0. The summed E-state index contributed by atoms with van der Waals surface area (Å²) in [4.78, 5) is 19.8. The van der Waals surface area contributed by atoms with Gasteiger partial charge in [0.05, 0.1) is 17.8 Å². The Morgan fingerprint density at radius 3 is 2.77 bits per heavy atom. The molecule has 1 aliphatic rings. The van der Waals surface area contributed by atoms with Gasteiger partial charge in [0, 0.05) is 18.5 Å². The Kier molecular flexibility index (Phi) is 5.46. The van der Waals surface area contributed by atoms with Gasteiger partial charge >= 0.3 is 0 Å². The molecule has 2 aromatic rings. The predicted molar refractivity (Wildman–Crippen MR) is 99.7 cm³/mol. The summed E-state index contributed by atoms with van der Waals surface area (Å²) in [6, 6.07) is 13.9. The highest BCUT2D eigenvalue weighted by atomic mass is 19.1. The number of aryl methyl sites for hydroxylation is 1. The van der Waals surface area contributed by atoms with Crippen LogP contribution in [0, 0.1) is 12.7 Å². The molecular weight excluding hydrogens is 331 g/mol. The maximum absolute atomic E-state index is 14.0. The first-order valence-corrected chi connectivity index (χ1v) is 8.53. The molecule has 0 radical (unpaired) electrons. The molecule has 0 unspecified atom stereocenters. The molecule has 0 saturated heterocycles. The molecule has 4 nitrogen and oxygen atoms in total. The second-order valence-corrected chi connectivity index (χ2v) is 6.26. The zero-order valence-electron chi connectivity index (χ0n) is 14.7. The summed E-state index contributed by atoms with van der Waals surface area (Å²) in [5, 5.41) is 4.19. The van der Waals surface area contributed by atoms with E-state index in [4.69, 9.17) is 4.84 Å². The van der Waals surface area contributed by atoms with Gasteiger partial charge in [0.25, 0.3) is 5.91 Å². The highest BCUT2D eigenvalue weighted by molar-refractivity contribution is 6.02. The number of halogens is 1. The van der Waals surface area contributed by atoms with Crippen molar-refractivity contribution in [3.05, 3.63) is 83.7 Å². The molecule has 1 amide bonds. The molecular formula is C21H21FN2O2. The predicted octanol–water partition coefficient (Wildman–Crippen LogP) is 3.96. The zero-order chi connectivity index (χ0) is 18.5. The van der Waals surface area contributed by atoms with Gasteiger partial charge in [-0.25, -0.2) is 4.39 Å².